The van der Waals surface area contributed by atoms with Gasteiger partial charge in [0, 0.05) is 36.8 Å². The fourth-order valence-corrected chi connectivity index (χ4v) is 4.23. The Morgan fingerprint density at radius 3 is 2.85 bits per heavy atom. The highest BCUT2D eigenvalue weighted by Gasteiger charge is 2.27. The average molecular weight is 524 g/mol. The van der Waals surface area contributed by atoms with Crippen LogP contribution in [0.5, 0.6) is 0 Å². The number of anilines is 1. The molecule has 1 fully saturated rings. The number of hydrogen-bond donors (Lipinski definition) is 2. The van der Waals surface area contributed by atoms with Crippen molar-refractivity contribution in [2.24, 2.45) is 0 Å². The van der Waals surface area contributed by atoms with Gasteiger partial charge in [0.25, 0.3) is 0 Å². The normalized spacial score (nSPS) is 16.1. The van der Waals surface area contributed by atoms with Crippen LogP contribution >= 0.6 is 15.9 Å². The van der Waals surface area contributed by atoms with Gasteiger partial charge >= 0.3 is 0 Å². The summed E-state index contributed by atoms with van der Waals surface area (Å²) < 4.78 is 16.7. The number of piperazine rings is 1. The second-order valence-corrected chi connectivity index (χ2v) is 9.15. The third-order valence-electron chi connectivity index (χ3n) is 5.89. The highest BCUT2D eigenvalue weighted by atomic mass is 79.9. The van der Waals surface area contributed by atoms with Crippen molar-refractivity contribution in [3.05, 3.63) is 76.4 Å². The van der Waals surface area contributed by atoms with Crippen molar-refractivity contribution in [2.45, 2.75) is 19.5 Å². The van der Waals surface area contributed by atoms with Crippen molar-refractivity contribution in [3.8, 4) is 5.69 Å². The predicted octanol–water partition coefficient (Wildman–Crippen LogP) is 3.12. The van der Waals surface area contributed by atoms with Gasteiger partial charge in [-0.05, 0) is 42.3 Å². The van der Waals surface area contributed by atoms with E-state index >= 15 is 0 Å². The van der Waals surface area contributed by atoms with E-state index in [9.17, 15) is 9.18 Å². The number of amides is 1. The monoisotopic (exact) mass is 523 g/mol. The largest absolute Gasteiger partial charge is 0.353 e. The average Bonchev–Trinajstić information content (AvgIpc) is 3.30. The van der Waals surface area contributed by atoms with Gasteiger partial charge in [-0.2, -0.15) is 0 Å². The molecule has 4 aromatic rings. The smallest absolute Gasteiger partial charge is 0.239 e. The molecular formula is C24H23BrFN7O. The lowest BCUT2D eigenvalue weighted by Crippen LogP contribution is -2.57. The zero-order valence-electron chi connectivity index (χ0n) is 18.5. The van der Waals surface area contributed by atoms with E-state index in [4.69, 9.17) is 0 Å². The number of benzene rings is 2. The van der Waals surface area contributed by atoms with Gasteiger partial charge in [-0.3, -0.25) is 4.79 Å². The molecule has 2 N–H and O–H groups in total. The summed E-state index contributed by atoms with van der Waals surface area (Å²) in [6.45, 7) is 3.97. The lowest BCUT2D eigenvalue weighted by Gasteiger charge is -2.33. The number of hydrogen-bond acceptors (Lipinski definition) is 6. The summed E-state index contributed by atoms with van der Waals surface area (Å²) >= 11 is 3.42. The number of halogens is 2. The van der Waals surface area contributed by atoms with Crippen LogP contribution in [0.3, 0.4) is 0 Å². The van der Waals surface area contributed by atoms with Crippen LogP contribution in [-0.4, -0.2) is 51.3 Å². The number of aromatic nitrogens is 4. The molecule has 0 unspecified atom stereocenters. The summed E-state index contributed by atoms with van der Waals surface area (Å²) in [5.74, 6) is 0.349. The van der Waals surface area contributed by atoms with E-state index in [2.05, 4.69) is 46.5 Å². The molecule has 1 amide bonds. The lowest BCUT2D eigenvalue weighted by atomic mass is 10.1. The minimum atomic E-state index is -0.379. The Balaban J connectivity index is 1.33. The Bertz CT molecular complexity index is 1340. The second-order valence-electron chi connectivity index (χ2n) is 8.24. The van der Waals surface area contributed by atoms with E-state index in [1.807, 2.05) is 30.3 Å². The summed E-state index contributed by atoms with van der Waals surface area (Å²) in [7, 11) is 0. The zero-order chi connectivity index (χ0) is 23.7. The quantitative estimate of drug-likeness (QED) is 0.417. The first kappa shape index (κ1) is 22.4. The van der Waals surface area contributed by atoms with Crippen molar-refractivity contribution < 1.29 is 9.18 Å². The molecule has 2 aromatic carbocycles. The van der Waals surface area contributed by atoms with E-state index in [0.29, 0.717) is 48.9 Å². The molecular weight excluding hydrogens is 501 g/mol. The summed E-state index contributed by atoms with van der Waals surface area (Å²) in [4.78, 5) is 23.7. The molecule has 0 bridgehead atoms. The Labute approximate surface area is 204 Å². The molecule has 174 valence electrons. The van der Waals surface area contributed by atoms with Crippen molar-refractivity contribution in [1.29, 1.82) is 0 Å². The van der Waals surface area contributed by atoms with Crippen LogP contribution in [-0.2, 0) is 11.3 Å². The molecule has 2 aromatic heterocycles. The van der Waals surface area contributed by atoms with Crippen molar-refractivity contribution in [2.75, 3.05) is 24.5 Å². The topological polar surface area (TPSA) is 88.0 Å². The van der Waals surface area contributed by atoms with Crippen LogP contribution in [0.4, 0.5) is 10.2 Å². The zero-order valence-corrected chi connectivity index (χ0v) is 20.1. The fraction of sp³-hybridized carbons (Fsp3) is 0.250. The third-order valence-corrected chi connectivity index (χ3v) is 6.42. The maximum Gasteiger partial charge on any atom is 0.239 e. The van der Waals surface area contributed by atoms with Crippen LogP contribution in [0.1, 0.15) is 11.1 Å². The van der Waals surface area contributed by atoms with E-state index in [1.54, 1.807) is 23.9 Å². The lowest BCUT2D eigenvalue weighted by molar-refractivity contribution is -0.123. The SMILES string of the molecule is Cc1ccc(-n2cc3c(N4CCN[C@@H](C(=O)NCc5ccc(Br)cc5)C4)ncnc3n2)cc1F. The van der Waals surface area contributed by atoms with Crippen LogP contribution in [0, 0.1) is 12.7 Å². The van der Waals surface area contributed by atoms with Crippen molar-refractivity contribution >= 4 is 38.7 Å². The van der Waals surface area contributed by atoms with Crippen LogP contribution in [0.15, 0.2) is 59.5 Å². The number of carbonyl (C=O) groups excluding carboxylic acids is 1. The third kappa shape index (κ3) is 4.64. The molecule has 0 spiro atoms. The molecule has 0 aliphatic carbocycles. The van der Waals surface area contributed by atoms with Gasteiger partial charge in [0.05, 0.1) is 11.1 Å². The molecule has 1 saturated heterocycles. The highest BCUT2D eigenvalue weighted by molar-refractivity contribution is 9.10. The van der Waals surface area contributed by atoms with Gasteiger partial charge in [0.2, 0.25) is 5.91 Å². The summed E-state index contributed by atoms with van der Waals surface area (Å²) in [6.07, 6.45) is 3.27. The van der Waals surface area contributed by atoms with Crippen molar-refractivity contribution in [1.82, 2.24) is 30.4 Å². The van der Waals surface area contributed by atoms with E-state index in [1.165, 1.54) is 12.4 Å². The summed E-state index contributed by atoms with van der Waals surface area (Å²) in [5, 5.41) is 11.5. The van der Waals surface area contributed by atoms with Gasteiger partial charge in [-0.1, -0.05) is 34.1 Å². The molecule has 34 heavy (non-hydrogen) atoms. The first-order valence-corrected chi connectivity index (χ1v) is 11.7. The molecule has 1 aliphatic rings. The molecule has 5 rings (SSSR count). The Hall–Kier alpha value is -3.37. The molecule has 1 aliphatic heterocycles. The highest BCUT2D eigenvalue weighted by Crippen LogP contribution is 2.25. The molecule has 0 radical (unpaired) electrons. The van der Waals surface area contributed by atoms with Gasteiger partial charge < -0.3 is 15.5 Å². The molecule has 1 atom stereocenters. The Kier molecular flexibility index (Phi) is 6.25. The standard InChI is InChI=1S/C24H23BrFN7O/c1-15-2-7-18(10-20(15)26)33-12-19-22(31-33)29-14-30-23(19)32-9-8-27-21(13-32)24(34)28-11-16-3-5-17(25)6-4-16/h2-7,10,12,14,21,27H,8-9,11,13H2,1H3,(H,28,34)/t21-/m1/s1. The Morgan fingerprint density at radius 2 is 2.06 bits per heavy atom. The first-order chi connectivity index (χ1) is 16.5. The molecule has 0 saturated carbocycles. The van der Waals surface area contributed by atoms with Crippen LogP contribution in [0.25, 0.3) is 16.7 Å². The van der Waals surface area contributed by atoms with Gasteiger partial charge in [-0.25, -0.2) is 19.0 Å². The van der Waals surface area contributed by atoms with E-state index < -0.39 is 0 Å². The number of nitrogens with one attached hydrogen (secondary N) is 2. The van der Waals surface area contributed by atoms with E-state index in [-0.39, 0.29) is 17.8 Å². The number of nitrogens with zero attached hydrogens (tertiary/aromatic N) is 5. The van der Waals surface area contributed by atoms with E-state index in [0.717, 1.165) is 15.4 Å². The second kappa shape index (κ2) is 9.47. The van der Waals surface area contributed by atoms with Gasteiger partial charge in [0.15, 0.2) is 5.65 Å². The van der Waals surface area contributed by atoms with Crippen molar-refractivity contribution in [3.63, 3.8) is 0 Å². The minimum Gasteiger partial charge on any atom is -0.353 e. The number of fused-ring (bicyclic) bond motifs is 1. The number of rotatable bonds is 5. The van der Waals surface area contributed by atoms with Gasteiger partial charge in [-0.15, -0.1) is 5.10 Å². The van der Waals surface area contributed by atoms with Crippen LogP contribution < -0.4 is 15.5 Å². The fourth-order valence-electron chi connectivity index (χ4n) is 3.97. The van der Waals surface area contributed by atoms with Gasteiger partial charge in [0.1, 0.15) is 24.0 Å². The summed E-state index contributed by atoms with van der Waals surface area (Å²) in [5.41, 5.74) is 2.73. The molecule has 3 heterocycles. The first-order valence-electron chi connectivity index (χ1n) is 11.0. The predicted molar refractivity (Wildman–Crippen MR) is 131 cm³/mol. The maximum atomic E-state index is 14.1. The molecule has 8 nitrogen and oxygen atoms in total. The Morgan fingerprint density at radius 1 is 1.24 bits per heavy atom. The number of carbonyl (C=O) groups is 1. The number of aryl methyl sites for hydroxylation is 1. The summed E-state index contributed by atoms with van der Waals surface area (Å²) in [6, 6.07) is 12.5. The molecule has 10 heteroatoms. The minimum absolute atomic E-state index is 0.0660. The van der Waals surface area contributed by atoms with Crippen LogP contribution in [0.2, 0.25) is 0 Å². The maximum absolute atomic E-state index is 14.1.